The topological polar surface area (TPSA) is 50.4 Å². The molecule has 0 aromatic heterocycles. The summed E-state index contributed by atoms with van der Waals surface area (Å²) >= 11 is 0. The maximum absolute atomic E-state index is 12.0. The summed E-state index contributed by atoms with van der Waals surface area (Å²) in [7, 11) is 1.68. The second-order valence-corrected chi connectivity index (χ2v) is 3.66. The van der Waals surface area contributed by atoms with Crippen molar-refractivity contribution in [2.24, 2.45) is 0 Å². The summed E-state index contributed by atoms with van der Waals surface area (Å²) < 4.78 is 28.8. The Morgan fingerprint density at radius 3 is 2.79 bits per heavy atom. The van der Waals surface area contributed by atoms with Crippen molar-refractivity contribution < 1.29 is 18.3 Å². The Morgan fingerprint density at radius 1 is 1.42 bits per heavy atom. The van der Waals surface area contributed by atoms with E-state index >= 15 is 0 Å². The largest absolute Gasteiger partial charge is 0.488 e. The minimum Gasteiger partial charge on any atom is -0.488 e. The molecule has 0 saturated carbocycles. The molecule has 1 aromatic rings. The average molecular weight is 295 g/mol. The summed E-state index contributed by atoms with van der Waals surface area (Å²) in [5, 5.41) is 5.41. The Morgan fingerprint density at radius 2 is 2.16 bits per heavy atom. The van der Waals surface area contributed by atoms with Gasteiger partial charge < -0.3 is 15.4 Å². The summed E-state index contributed by atoms with van der Waals surface area (Å²) in [5.74, 6) is 0.243. The molecule has 0 fully saturated rings. The lowest BCUT2D eigenvalue weighted by molar-refractivity contribution is -0.120. The molecule has 2 N–H and O–H groups in total. The summed E-state index contributed by atoms with van der Waals surface area (Å²) in [6.45, 7) is -0.0521. The number of nitrogens with one attached hydrogen (secondary N) is 2. The van der Waals surface area contributed by atoms with Crippen LogP contribution in [0, 0.1) is 0 Å². The maximum atomic E-state index is 12.0. The Labute approximate surface area is 116 Å². The molecule has 0 spiro atoms. The van der Waals surface area contributed by atoms with E-state index in [1.54, 1.807) is 31.3 Å². The Bertz CT molecular complexity index is 392. The number of amides is 1. The van der Waals surface area contributed by atoms with Crippen molar-refractivity contribution in [2.75, 3.05) is 20.2 Å². The Kier molecular flexibility index (Phi) is 8.82. The molecule has 19 heavy (non-hydrogen) atoms. The van der Waals surface area contributed by atoms with E-state index in [0.29, 0.717) is 12.3 Å². The number of likely N-dealkylation sites (N-methyl/N-ethyl adjacent to an activating group) is 1. The van der Waals surface area contributed by atoms with Crippen molar-refractivity contribution in [1.82, 2.24) is 10.6 Å². The predicted octanol–water partition coefficient (Wildman–Crippen LogP) is 1.59. The molecule has 0 aliphatic heterocycles. The van der Waals surface area contributed by atoms with E-state index in [4.69, 9.17) is 4.74 Å². The van der Waals surface area contributed by atoms with E-state index in [1.165, 1.54) is 0 Å². The van der Waals surface area contributed by atoms with Gasteiger partial charge in [-0.25, -0.2) is 8.78 Å². The van der Waals surface area contributed by atoms with Gasteiger partial charge in [-0.15, -0.1) is 12.4 Å². The number of rotatable bonds is 7. The highest BCUT2D eigenvalue weighted by atomic mass is 35.5. The van der Waals surface area contributed by atoms with Crippen LogP contribution in [0.25, 0.3) is 0 Å². The molecule has 0 radical (unpaired) electrons. The van der Waals surface area contributed by atoms with Crippen LogP contribution in [0.4, 0.5) is 8.78 Å². The zero-order valence-corrected chi connectivity index (χ0v) is 11.3. The number of benzene rings is 1. The third kappa shape index (κ3) is 7.58. The van der Waals surface area contributed by atoms with Crippen LogP contribution in [0.2, 0.25) is 0 Å². The van der Waals surface area contributed by atoms with Crippen LogP contribution in [0.15, 0.2) is 24.3 Å². The maximum Gasteiger partial charge on any atom is 0.272 e. The van der Waals surface area contributed by atoms with Crippen molar-refractivity contribution in [2.45, 2.75) is 13.0 Å². The third-order valence-corrected chi connectivity index (χ3v) is 2.10. The molecule has 0 unspecified atom stereocenters. The molecule has 108 valence electrons. The summed E-state index contributed by atoms with van der Waals surface area (Å²) in [5.41, 5.74) is 0.797. The standard InChI is InChI=1S/C12H16F2N2O2.ClH/c1-15-7-12(17)16-6-9-3-2-4-10(5-9)18-8-11(13)14;/h2-5,11,15H,6-8H2,1H3,(H,16,17);1H. The highest BCUT2D eigenvalue weighted by molar-refractivity contribution is 5.85. The van der Waals surface area contributed by atoms with Crippen LogP contribution in [0.5, 0.6) is 5.75 Å². The number of carbonyl (C=O) groups excluding carboxylic acids is 1. The molecular weight excluding hydrogens is 278 g/mol. The van der Waals surface area contributed by atoms with Crippen molar-refractivity contribution in [3.8, 4) is 5.75 Å². The van der Waals surface area contributed by atoms with Gasteiger partial charge in [0.05, 0.1) is 6.54 Å². The summed E-state index contributed by atoms with van der Waals surface area (Å²) in [4.78, 5) is 11.2. The fraction of sp³-hybridized carbons (Fsp3) is 0.417. The smallest absolute Gasteiger partial charge is 0.272 e. The van der Waals surface area contributed by atoms with Crippen LogP contribution in [-0.4, -0.2) is 32.5 Å². The van der Waals surface area contributed by atoms with E-state index in [0.717, 1.165) is 5.56 Å². The molecule has 4 nitrogen and oxygen atoms in total. The third-order valence-electron chi connectivity index (χ3n) is 2.10. The van der Waals surface area contributed by atoms with Crippen molar-refractivity contribution >= 4 is 18.3 Å². The molecule has 1 rings (SSSR count). The van der Waals surface area contributed by atoms with Gasteiger partial charge in [0.25, 0.3) is 6.43 Å². The average Bonchev–Trinajstić information content (AvgIpc) is 2.35. The second kappa shape index (κ2) is 9.52. The van der Waals surface area contributed by atoms with Crippen LogP contribution in [0.3, 0.4) is 0 Å². The number of carbonyl (C=O) groups is 1. The quantitative estimate of drug-likeness (QED) is 0.803. The fourth-order valence-electron chi connectivity index (χ4n) is 1.33. The lowest BCUT2D eigenvalue weighted by atomic mass is 10.2. The lowest BCUT2D eigenvalue weighted by Gasteiger charge is -2.08. The van der Waals surface area contributed by atoms with Gasteiger partial charge in [-0.2, -0.15) is 0 Å². The first-order valence-electron chi connectivity index (χ1n) is 5.53. The molecule has 0 saturated heterocycles. The minimum atomic E-state index is -2.50. The van der Waals surface area contributed by atoms with Gasteiger partial charge in [0.1, 0.15) is 12.4 Å². The van der Waals surface area contributed by atoms with E-state index in [1.807, 2.05) is 0 Å². The number of hydrogen-bond donors (Lipinski definition) is 2. The van der Waals surface area contributed by atoms with Crippen LogP contribution in [-0.2, 0) is 11.3 Å². The first-order valence-corrected chi connectivity index (χ1v) is 5.53. The zero-order chi connectivity index (χ0) is 13.4. The zero-order valence-electron chi connectivity index (χ0n) is 10.5. The molecule has 0 heterocycles. The van der Waals surface area contributed by atoms with Gasteiger partial charge in [-0.3, -0.25) is 4.79 Å². The number of ether oxygens (including phenoxy) is 1. The Hall–Kier alpha value is -1.40. The predicted molar refractivity (Wildman–Crippen MR) is 71.0 cm³/mol. The van der Waals surface area contributed by atoms with Crippen molar-refractivity contribution in [1.29, 1.82) is 0 Å². The molecule has 0 bridgehead atoms. The molecule has 0 atom stereocenters. The van der Waals surface area contributed by atoms with E-state index in [-0.39, 0.29) is 24.9 Å². The molecular formula is C12H17ClF2N2O2. The first-order chi connectivity index (χ1) is 8.61. The van der Waals surface area contributed by atoms with Gasteiger partial charge in [-0.1, -0.05) is 12.1 Å². The highest BCUT2D eigenvalue weighted by Gasteiger charge is 2.04. The van der Waals surface area contributed by atoms with Gasteiger partial charge in [0.2, 0.25) is 5.91 Å². The normalized spacial score (nSPS) is 9.89. The van der Waals surface area contributed by atoms with E-state index < -0.39 is 13.0 Å². The van der Waals surface area contributed by atoms with Gasteiger partial charge >= 0.3 is 0 Å². The number of alkyl halides is 2. The van der Waals surface area contributed by atoms with Gasteiger partial charge in [0, 0.05) is 6.54 Å². The number of hydrogen-bond acceptors (Lipinski definition) is 3. The lowest BCUT2D eigenvalue weighted by Crippen LogP contribution is -2.31. The highest BCUT2D eigenvalue weighted by Crippen LogP contribution is 2.14. The molecule has 7 heteroatoms. The molecule has 1 amide bonds. The van der Waals surface area contributed by atoms with Crippen molar-refractivity contribution in [3.63, 3.8) is 0 Å². The van der Waals surface area contributed by atoms with Gasteiger partial charge in [-0.05, 0) is 24.7 Å². The van der Waals surface area contributed by atoms with Gasteiger partial charge in [0.15, 0.2) is 0 Å². The van der Waals surface area contributed by atoms with Crippen molar-refractivity contribution in [3.05, 3.63) is 29.8 Å². The van der Waals surface area contributed by atoms with E-state index in [9.17, 15) is 13.6 Å². The Balaban J connectivity index is 0.00000324. The van der Waals surface area contributed by atoms with E-state index in [2.05, 4.69) is 10.6 Å². The first kappa shape index (κ1) is 17.6. The SMILES string of the molecule is CNCC(=O)NCc1cccc(OCC(F)F)c1.Cl. The fourth-order valence-corrected chi connectivity index (χ4v) is 1.33. The molecule has 1 aromatic carbocycles. The second-order valence-electron chi connectivity index (χ2n) is 3.66. The van der Waals surface area contributed by atoms with Crippen LogP contribution >= 0.6 is 12.4 Å². The molecule has 0 aliphatic rings. The van der Waals surface area contributed by atoms with Crippen LogP contribution < -0.4 is 15.4 Å². The summed E-state index contributed by atoms with van der Waals surface area (Å²) in [6, 6.07) is 6.71. The molecule has 0 aliphatic carbocycles. The monoisotopic (exact) mass is 294 g/mol. The minimum absolute atomic E-state index is 0. The summed E-state index contributed by atoms with van der Waals surface area (Å²) in [6.07, 6.45) is -2.50. The number of halogens is 3. The van der Waals surface area contributed by atoms with Crippen LogP contribution in [0.1, 0.15) is 5.56 Å².